The number of methoxy groups -OCH3 is 1. The lowest BCUT2D eigenvalue weighted by molar-refractivity contribution is 0.410. The number of phenolic OH excluding ortho intramolecular Hbond substituents is 1. The number of aromatic hydroxyl groups is 1. The van der Waals surface area contributed by atoms with Crippen LogP contribution in [0.4, 0.5) is 0 Å². The van der Waals surface area contributed by atoms with E-state index < -0.39 is 0 Å². The molecule has 3 aromatic carbocycles. The van der Waals surface area contributed by atoms with E-state index in [1.807, 2.05) is 0 Å². The lowest BCUT2D eigenvalue weighted by Crippen LogP contribution is -2.06. The van der Waals surface area contributed by atoms with E-state index in [1.165, 1.54) is 44.5 Å². The van der Waals surface area contributed by atoms with Crippen molar-refractivity contribution in [1.29, 1.82) is 0 Å². The summed E-state index contributed by atoms with van der Waals surface area (Å²) in [6.07, 6.45) is 3.08. The summed E-state index contributed by atoms with van der Waals surface area (Å²) in [7, 11) is 1.76. The molecule has 28 heavy (non-hydrogen) atoms. The van der Waals surface area contributed by atoms with E-state index in [1.54, 1.807) is 19.2 Å². The van der Waals surface area contributed by atoms with Gasteiger partial charge in [0, 0.05) is 5.92 Å². The minimum Gasteiger partial charge on any atom is -0.508 e. The molecule has 0 fully saturated rings. The highest BCUT2D eigenvalue weighted by atomic mass is 16.5. The van der Waals surface area contributed by atoms with E-state index in [4.69, 9.17) is 4.74 Å². The fraction of sp³-hybridized carbons (Fsp3) is 0.231. The minimum absolute atomic E-state index is 0.197. The van der Waals surface area contributed by atoms with Crippen LogP contribution in [0.2, 0.25) is 0 Å². The molecule has 2 nitrogen and oxygen atoms in total. The largest absolute Gasteiger partial charge is 0.508 e. The predicted octanol–water partition coefficient (Wildman–Crippen LogP) is 5.97. The summed E-state index contributed by atoms with van der Waals surface area (Å²) >= 11 is 0. The topological polar surface area (TPSA) is 29.5 Å². The number of benzene rings is 3. The first-order chi connectivity index (χ1) is 13.7. The van der Waals surface area contributed by atoms with Crippen LogP contribution >= 0.6 is 0 Å². The van der Waals surface area contributed by atoms with Crippen LogP contribution in [0, 0.1) is 0 Å². The molecule has 5 rings (SSSR count). The Morgan fingerprint density at radius 1 is 0.964 bits per heavy atom. The van der Waals surface area contributed by atoms with Crippen molar-refractivity contribution in [2.24, 2.45) is 0 Å². The molecule has 0 aromatic heterocycles. The van der Waals surface area contributed by atoms with Crippen LogP contribution in [0.25, 0.3) is 11.1 Å². The van der Waals surface area contributed by atoms with Gasteiger partial charge < -0.3 is 9.84 Å². The fourth-order valence-corrected chi connectivity index (χ4v) is 4.95. The third kappa shape index (κ3) is 2.48. The first kappa shape index (κ1) is 17.1. The monoisotopic (exact) mass is 368 g/mol. The van der Waals surface area contributed by atoms with Crippen molar-refractivity contribution in [3.63, 3.8) is 0 Å². The number of fused-ring (bicyclic) bond motifs is 4. The third-order valence-electron chi connectivity index (χ3n) is 6.26. The van der Waals surface area contributed by atoms with E-state index in [2.05, 4.69) is 55.5 Å². The quantitative estimate of drug-likeness (QED) is 0.617. The molecule has 0 radical (unpaired) electrons. The number of rotatable bonds is 3. The van der Waals surface area contributed by atoms with Gasteiger partial charge in [0.15, 0.2) is 0 Å². The minimum atomic E-state index is 0.197. The van der Waals surface area contributed by atoms with Gasteiger partial charge in [0.1, 0.15) is 11.5 Å². The molecule has 1 N–H and O–H groups in total. The molecule has 0 bridgehead atoms. The van der Waals surface area contributed by atoms with E-state index in [0.29, 0.717) is 5.75 Å². The average Bonchev–Trinajstić information content (AvgIpc) is 3.07. The molecule has 2 aliphatic rings. The maximum Gasteiger partial charge on any atom is 0.122 e. The van der Waals surface area contributed by atoms with Gasteiger partial charge in [-0.15, -0.1) is 0 Å². The Balaban J connectivity index is 1.79. The van der Waals surface area contributed by atoms with E-state index in [-0.39, 0.29) is 5.92 Å². The Hall–Kier alpha value is -3.00. The summed E-state index contributed by atoms with van der Waals surface area (Å²) in [6, 6.07) is 21.1. The van der Waals surface area contributed by atoms with Crippen LogP contribution in [0.1, 0.15) is 52.6 Å². The first-order valence-electron chi connectivity index (χ1n) is 10.0. The van der Waals surface area contributed by atoms with Gasteiger partial charge in [0.25, 0.3) is 0 Å². The van der Waals surface area contributed by atoms with Crippen LogP contribution in [0.3, 0.4) is 0 Å². The number of phenols is 1. The second-order valence-corrected chi connectivity index (χ2v) is 7.68. The molecule has 2 heteroatoms. The number of hydrogen-bond acceptors (Lipinski definition) is 2. The summed E-state index contributed by atoms with van der Waals surface area (Å²) in [5.41, 5.74) is 10.9. The van der Waals surface area contributed by atoms with E-state index in [9.17, 15) is 5.11 Å². The number of allylic oxidation sites excluding steroid dienone is 2. The van der Waals surface area contributed by atoms with Crippen LogP contribution in [-0.2, 0) is 12.8 Å². The molecule has 0 aliphatic heterocycles. The van der Waals surface area contributed by atoms with Crippen LogP contribution < -0.4 is 4.74 Å². The van der Waals surface area contributed by atoms with Gasteiger partial charge in [0.05, 0.1) is 7.11 Å². The molecule has 3 aromatic rings. The Kier molecular flexibility index (Phi) is 4.01. The standard InChI is InChI=1S/C26H24O2/c1-3-16-14-23-22(15-24(16)28-2)21-13-10-17-6-4-5-7-20(17)26(21)25(23)18-8-11-19(27)12-9-18/h4-9,11-12,14-15,25,27H,3,10,13H2,1-2H3. The second-order valence-electron chi connectivity index (χ2n) is 7.68. The number of ether oxygens (including phenoxy) is 1. The maximum atomic E-state index is 9.81. The normalized spacial score (nSPS) is 17.1. The van der Waals surface area contributed by atoms with E-state index >= 15 is 0 Å². The van der Waals surface area contributed by atoms with Crippen LogP contribution in [0.15, 0.2) is 60.7 Å². The first-order valence-corrected chi connectivity index (χ1v) is 10.0. The summed E-state index contributed by atoms with van der Waals surface area (Å²) in [4.78, 5) is 0. The number of hydrogen-bond donors (Lipinski definition) is 1. The highest BCUT2D eigenvalue weighted by Gasteiger charge is 2.36. The summed E-state index contributed by atoms with van der Waals surface area (Å²) in [6.45, 7) is 2.18. The predicted molar refractivity (Wildman–Crippen MR) is 114 cm³/mol. The molecule has 1 atom stereocenters. The van der Waals surface area contributed by atoms with E-state index in [0.717, 1.165) is 25.0 Å². The van der Waals surface area contributed by atoms with Crippen molar-refractivity contribution in [2.75, 3.05) is 7.11 Å². The molecule has 2 aliphatic carbocycles. The third-order valence-corrected chi connectivity index (χ3v) is 6.26. The molecule has 0 heterocycles. The zero-order valence-corrected chi connectivity index (χ0v) is 16.3. The smallest absolute Gasteiger partial charge is 0.122 e. The zero-order valence-electron chi connectivity index (χ0n) is 16.3. The number of aryl methyl sites for hydroxylation is 2. The maximum absolute atomic E-state index is 9.81. The highest BCUT2D eigenvalue weighted by Crippen LogP contribution is 2.55. The highest BCUT2D eigenvalue weighted by molar-refractivity contribution is 6.03. The fourth-order valence-electron chi connectivity index (χ4n) is 4.95. The Morgan fingerprint density at radius 2 is 1.75 bits per heavy atom. The molecule has 0 spiro atoms. The lowest BCUT2D eigenvalue weighted by atomic mass is 9.80. The van der Waals surface area contributed by atoms with Gasteiger partial charge in [-0.2, -0.15) is 0 Å². The molecule has 0 saturated carbocycles. The Morgan fingerprint density at radius 3 is 2.50 bits per heavy atom. The SMILES string of the molecule is CCc1cc2c(cc1OC)C1=C(c3ccccc3CC1)C2c1ccc(O)cc1. The molecule has 0 saturated heterocycles. The van der Waals surface area contributed by atoms with Gasteiger partial charge in [-0.25, -0.2) is 0 Å². The van der Waals surface area contributed by atoms with Crippen molar-refractivity contribution >= 4 is 11.1 Å². The van der Waals surface area contributed by atoms with Crippen molar-refractivity contribution < 1.29 is 9.84 Å². The van der Waals surface area contributed by atoms with Crippen molar-refractivity contribution in [3.8, 4) is 11.5 Å². The van der Waals surface area contributed by atoms with Gasteiger partial charge >= 0.3 is 0 Å². The van der Waals surface area contributed by atoms with Crippen molar-refractivity contribution in [2.45, 2.75) is 32.1 Å². The van der Waals surface area contributed by atoms with Gasteiger partial charge in [-0.05, 0) is 82.0 Å². The Labute approximate surface area is 166 Å². The van der Waals surface area contributed by atoms with Gasteiger partial charge in [-0.1, -0.05) is 49.4 Å². The Bertz CT molecular complexity index is 1090. The second kappa shape index (κ2) is 6.56. The van der Waals surface area contributed by atoms with Crippen LogP contribution in [-0.4, -0.2) is 12.2 Å². The summed E-state index contributed by atoms with van der Waals surface area (Å²) < 4.78 is 5.71. The zero-order chi connectivity index (χ0) is 19.3. The van der Waals surface area contributed by atoms with Crippen molar-refractivity contribution in [1.82, 2.24) is 0 Å². The molecular weight excluding hydrogens is 344 g/mol. The van der Waals surface area contributed by atoms with Gasteiger partial charge in [-0.3, -0.25) is 0 Å². The summed E-state index contributed by atoms with van der Waals surface area (Å²) in [5.74, 6) is 1.49. The molecule has 0 amide bonds. The van der Waals surface area contributed by atoms with Crippen molar-refractivity contribution in [3.05, 3.63) is 94.0 Å². The van der Waals surface area contributed by atoms with Gasteiger partial charge in [0.2, 0.25) is 0 Å². The molecular formula is C26H24O2. The summed E-state index contributed by atoms with van der Waals surface area (Å²) in [5, 5.41) is 9.81. The van der Waals surface area contributed by atoms with Crippen LogP contribution in [0.5, 0.6) is 11.5 Å². The molecule has 140 valence electrons. The average molecular weight is 368 g/mol. The molecule has 1 unspecified atom stereocenters. The lowest BCUT2D eigenvalue weighted by Gasteiger charge is -2.24.